The Balaban J connectivity index is 2.57. The summed E-state index contributed by atoms with van der Waals surface area (Å²) in [4.78, 5) is 13.4. The Bertz CT molecular complexity index is 417. The normalized spacial score (nSPS) is 14.9. The quantitative estimate of drug-likeness (QED) is 0.795. The Hall–Kier alpha value is -1.22. The molecule has 1 N–H and O–H groups in total. The zero-order chi connectivity index (χ0) is 11.0. The Labute approximate surface area is 94.0 Å². The van der Waals surface area contributed by atoms with Gasteiger partial charge in [-0.05, 0) is 31.5 Å². The van der Waals surface area contributed by atoms with E-state index >= 15 is 0 Å². The van der Waals surface area contributed by atoms with E-state index in [9.17, 15) is 4.79 Å². The number of anilines is 2. The second-order valence-corrected chi connectivity index (χ2v) is 4.04. The number of likely N-dealkylation sites (N-methyl/N-ethyl adjacent to an activating group) is 1. The van der Waals surface area contributed by atoms with Gasteiger partial charge >= 0.3 is 0 Å². The predicted octanol–water partition coefficient (Wildman–Crippen LogP) is 2.43. The van der Waals surface area contributed by atoms with Crippen LogP contribution in [0.25, 0.3) is 0 Å². The van der Waals surface area contributed by atoms with Crippen molar-refractivity contribution < 1.29 is 4.79 Å². The largest absolute Gasteiger partial charge is 0.373 e. The van der Waals surface area contributed by atoms with Gasteiger partial charge in [0.15, 0.2) is 0 Å². The summed E-state index contributed by atoms with van der Waals surface area (Å²) < 4.78 is 0. The number of hydrogen-bond acceptors (Lipinski definition) is 2. The van der Waals surface area contributed by atoms with Crippen LogP contribution >= 0.6 is 11.6 Å². The molecule has 0 fully saturated rings. The summed E-state index contributed by atoms with van der Waals surface area (Å²) in [5.41, 5.74) is 2.82. The van der Waals surface area contributed by atoms with Crippen LogP contribution in [-0.4, -0.2) is 19.0 Å². The molecule has 1 amide bonds. The fourth-order valence-corrected chi connectivity index (χ4v) is 2.19. The molecule has 80 valence electrons. The molecule has 2 rings (SSSR count). The summed E-state index contributed by atoms with van der Waals surface area (Å²) in [7, 11) is 0. The molecule has 0 saturated heterocycles. The third-order valence-corrected chi connectivity index (χ3v) is 2.84. The summed E-state index contributed by atoms with van der Waals surface area (Å²) >= 11 is 6.12. The molecule has 0 saturated carbocycles. The van der Waals surface area contributed by atoms with Crippen LogP contribution in [0.2, 0.25) is 5.02 Å². The van der Waals surface area contributed by atoms with E-state index in [-0.39, 0.29) is 5.91 Å². The Morgan fingerprint density at radius 3 is 2.93 bits per heavy atom. The summed E-state index contributed by atoms with van der Waals surface area (Å²) in [5, 5.41) is 3.73. The third kappa shape index (κ3) is 1.67. The van der Waals surface area contributed by atoms with Crippen molar-refractivity contribution >= 4 is 28.9 Å². The molecule has 1 aliphatic rings. The summed E-state index contributed by atoms with van der Waals surface area (Å²) in [6.45, 7) is 4.93. The first-order chi connectivity index (χ1) is 7.13. The van der Waals surface area contributed by atoms with Crippen molar-refractivity contribution in [2.24, 2.45) is 0 Å². The number of nitrogens with zero attached hydrogens (tertiary/aromatic N) is 1. The predicted molar refractivity (Wildman–Crippen MR) is 62.7 cm³/mol. The van der Waals surface area contributed by atoms with Crippen LogP contribution in [0.5, 0.6) is 0 Å². The van der Waals surface area contributed by atoms with E-state index in [4.69, 9.17) is 11.6 Å². The highest BCUT2D eigenvalue weighted by molar-refractivity contribution is 6.34. The van der Waals surface area contributed by atoms with Gasteiger partial charge in [-0.3, -0.25) is 4.79 Å². The molecule has 1 aromatic carbocycles. The van der Waals surface area contributed by atoms with Gasteiger partial charge in [0.2, 0.25) is 5.91 Å². The van der Waals surface area contributed by atoms with Crippen molar-refractivity contribution in [3.63, 3.8) is 0 Å². The van der Waals surface area contributed by atoms with Crippen molar-refractivity contribution in [3.8, 4) is 0 Å². The van der Waals surface area contributed by atoms with Crippen molar-refractivity contribution in [2.45, 2.75) is 13.8 Å². The lowest BCUT2D eigenvalue weighted by atomic mass is 10.1. The van der Waals surface area contributed by atoms with Gasteiger partial charge in [0.05, 0.1) is 22.9 Å². The number of hydrogen-bond donors (Lipinski definition) is 1. The maximum atomic E-state index is 11.6. The van der Waals surface area contributed by atoms with Crippen LogP contribution in [0.1, 0.15) is 12.5 Å². The summed E-state index contributed by atoms with van der Waals surface area (Å²) in [5.74, 6) is 0.0895. The molecule has 1 aliphatic heterocycles. The van der Waals surface area contributed by atoms with E-state index in [1.54, 1.807) is 4.90 Å². The van der Waals surface area contributed by atoms with Crippen LogP contribution < -0.4 is 10.2 Å². The van der Waals surface area contributed by atoms with Crippen LogP contribution in [-0.2, 0) is 4.79 Å². The maximum absolute atomic E-state index is 11.6. The molecule has 4 heteroatoms. The SMILES string of the molecule is CCN1C(=O)CNc2c(Cl)cc(C)cc21. The minimum atomic E-state index is 0.0895. The number of benzene rings is 1. The molecule has 0 radical (unpaired) electrons. The summed E-state index contributed by atoms with van der Waals surface area (Å²) in [6.07, 6.45) is 0. The van der Waals surface area contributed by atoms with Gasteiger partial charge in [-0.25, -0.2) is 0 Å². The smallest absolute Gasteiger partial charge is 0.246 e. The molecule has 0 spiro atoms. The van der Waals surface area contributed by atoms with Gasteiger partial charge in [0.1, 0.15) is 0 Å². The Morgan fingerprint density at radius 2 is 2.27 bits per heavy atom. The molecular formula is C11H13ClN2O. The van der Waals surface area contributed by atoms with E-state index < -0.39 is 0 Å². The van der Waals surface area contributed by atoms with E-state index in [1.165, 1.54) is 0 Å². The number of fused-ring (bicyclic) bond motifs is 1. The number of carbonyl (C=O) groups is 1. The average Bonchev–Trinajstić information content (AvgIpc) is 2.17. The molecule has 0 aromatic heterocycles. The Morgan fingerprint density at radius 1 is 1.53 bits per heavy atom. The molecule has 0 atom stereocenters. The van der Waals surface area contributed by atoms with E-state index in [1.807, 2.05) is 26.0 Å². The van der Waals surface area contributed by atoms with Crippen molar-refractivity contribution in [2.75, 3.05) is 23.3 Å². The lowest BCUT2D eigenvalue weighted by molar-refractivity contribution is -0.117. The minimum Gasteiger partial charge on any atom is -0.373 e. The van der Waals surface area contributed by atoms with Crippen molar-refractivity contribution in [1.82, 2.24) is 0 Å². The maximum Gasteiger partial charge on any atom is 0.246 e. The first-order valence-electron chi connectivity index (χ1n) is 4.98. The number of rotatable bonds is 1. The minimum absolute atomic E-state index is 0.0895. The number of aryl methyl sites for hydroxylation is 1. The molecule has 1 aromatic rings. The number of carbonyl (C=O) groups excluding carboxylic acids is 1. The highest BCUT2D eigenvalue weighted by atomic mass is 35.5. The standard InChI is InChI=1S/C11H13ClN2O/c1-3-14-9-5-7(2)4-8(12)11(9)13-6-10(14)15/h4-5,13H,3,6H2,1-2H3. The molecule has 1 heterocycles. The molecule has 3 nitrogen and oxygen atoms in total. The number of nitrogens with one attached hydrogen (secondary N) is 1. The fourth-order valence-electron chi connectivity index (χ4n) is 1.85. The first kappa shape index (κ1) is 10.3. The molecule has 15 heavy (non-hydrogen) atoms. The second-order valence-electron chi connectivity index (χ2n) is 3.63. The molecule has 0 bridgehead atoms. The monoisotopic (exact) mass is 224 g/mol. The molecular weight excluding hydrogens is 212 g/mol. The Kier molecular flexibility index (Phi) is 2.57. The fraction of sp³-hybridized carbons (Fsp3) is 0.364. The lowest BCUT2D eigenvalue weighted by Crippen LogP contribution is -2.39. The van der Waals surface area contributed by atoms with Crippen LogP contribution in [0.15, 0.2) is 12.1 Å². The van der Waals surface area contributed by atoms with Gasteiger partial charge in [-0.1, -0.05) is 11.6 Å². The van der Waals surface area contributed by atoms with Crippen LogP contribution in [0, 0.1) is 6.92 Å². The van der Waals surface area contributed by atoms with Crippen LogP contribution in [0.4, 0.5) is 11.4 Å². The van der Waals surface area contributed by atoms with Crippen LogP contribution in [0.3, 0.4) is 0 Å². The third-order valence-electron chi connectivity index (χ3n) is 2.54. The number of amides is 1. The highest BCUT2D eigenvalue weighted by Gasteiger charge is 2.24. The zero-order valence-corrected chi connectivity index (χ0v) is 9.56. The zero-order valence-electron chi connectivity index (χ0n) is 8.80. The average molecular weight is 225 g/mol. The van der Waals surface area contributed by atoms with E-state index in [2.05, 4.69) is 5.32 Å². The molecule has 0 unspecified atom stereocenters. The highest BCUT2D eigenvalue weighted by Crippen LogP contribution is 2.36. The van der Waals surface area contributed by atoms with Gasteiger partial charge < -0.3 is 10.2 Å². The van der Waals surface area contributed by atoms with Gasteiger partial charge in [0, 0.05) is 6.54 Å². The lowest BCUT2D eigenvalue weighted by Gasteiger charge is -2.30. The van der Waals surface area contributed by atoms with Gasteiger partial charge in [-0.2, -0.15) is 0 Å². The summed E-state index contributed by atoms with van der Waals surface area (Å²) in [6, 6.07) is 3.88. The van der Waals surface area contributed by atoms with Gasteiger partial charge in [0.25, 0.3) is 0 Å². The second kappa shape index (κ2) is 3.74. The van der Waals surface area contributed by atoms with Crippen molar-refractivity contribution in [3.05, 3.63) is 22.7 Å². The number of halogens is 1. The topological polar surface area (TPSA) is 32.3 Å². The van der Waals surface area contributed by atoms with E-state index in [0.717, 1.165) is 16.9 Å². The van der Waals surface area contributed by atoms with Gasteiger partial charge in [-0.15, -0.1) is 0 Å². The van der Waals surface area contributed by atoms with E-state index in [0.29, 0.717) is 18.1 Å². The first-order valence-corrected chi connectivity index (χ1v) is 5.35. The van der Waals surface area contributed by atoms with Crippen molar-refractivity contribution in [1.29, 1.82) is 0 Å². The molecule has 0 aliphatic carbocycles.